The molecule has 0 bridgehead atoms. The van der Waals surface area contributed by atoms with Gasteiger partial charge in [-0.15, -0.1) is 0 Å². The molecular formula is C8H16O3. The summed E-state index contributed by atoms with van der Waals surface area (Å²) in [6.45, 7) is 5.25. The first-order valence-corrected chi connectivity index (χ1v) is 3.96. The molecule has 2 unspecified atom stereocenters. The second-order valence-electron chi connectivity index (χ2n) is 2.71. The van der Waals surface area contributed by atoms with Crippen molar-refractivity contribution in [3.63, 3.8) is 0 Å². The van der Waals surface area contributed by atoms with Crippen LogP contribution in [-0.4, -0.2) is 23.3 Å². The first-order valence-electron chi connectivity index (χ1n) is 3.96. The van der Waals surface area contributed by atoms with E-state index in [9.17, 15) is 4.79 Å². The Morgan fingerprint density at radius 2 is 2.09 bits per heavy atom. The molecule has 66 valence electrons. The van der Waals surface area contributed by atoms with E-state index in [0.29, 0.717) is 0 Å². The van der Waals surface area contributed by atoms with Gasteiger partial charge in [0.1, 0.15) is 6.10 Å². The Balaban J connectivity index is 3.57. The van der Waals surface area contributed by atoms with Crippen molar-refractivity contribution in [1.82, 2.24) is 0 Å². The predicted molar refractivity (Wildman–Crippen MR) is 42.1 cm³/mol. The fraction of sp³-hybridized carbons (Fsp3) is 0.875. The summed E-state index contributed by atoms with van der Waals surface area (Å²) in [5.74, 6) is -0.536. The maximum absolute atomic E-state index is 10.8. The van der Waals surface area contributed by atoms with E-state index in [2.05, 4.69) is 0 Å². The lowest BCUT2D eigenvalue weighted by Gasteiger charge is -2.12. The number of esters is 1. The topological polar surface area (TPSA) is 46.5 Å². The van der Waals surface area contributed by atoms with E-state index in [1.54, 1.807) is 0 Å². The summed E-state index contributed by atoms with van der Waals surface area (Å²) in [4.78, 5) is 10.8. The van der Waals surface area contributed by atoms with Crippen molar-refractivity contribution in [2.75, 3.05) is 0 Å². The quantitative estimate of drug-likeness (QED) is 0.626. The van der Waals surface area contributed by atoms with Gasteiger partial charge < -0.3 is 9.84 Å². The lowest BCUT2D eigenvalue weighted by molar-refractivity contribution is -0.157. The number of aliphatic hydroxyl groups excluding tert-OH is 1. The van der Waals surface area contributed by atoms with Gasteiger partial charge in [-0.1, -0.05) is 13.3 Å². The normalized spacial score (nSPS) is 15.6. The van der Waals surface area contributed by atoms with Crippen molar-refractivity contribution in [3.8, 4) is 0 Å². The number of rotatable bonds is 4. The van der Waals surface area contributed by atoms with Gasteiger partial charge in [0.2, 0.25) is 0 Å². The second kappa shape index (κ2) is 5.13. The van der Waals surface area contributed by atoms with Gasteiger partial charge in [-0.3, -0.25) is 0 Å². The third-order valence-electron chi connectivity index (χ3n) is 1.35. The molecule has 0 heterocycles. The van der Waals surface area contributed by atoms with Crippen molar-refractivity contribution >= 4 is 5.97 Å². The largest absolute Gasteiger partial charge is 0.461 e. The van der Waals surface area contributed by atoms with Crippen LogP contribution in [-0.2, 0) is 9.53 Å². The number of carbonyl (C=O) groups excluding carboxylic acids is 1. The Bertz CT molecular complexity index is 121. The van der Waals surface area contributed by atoms with Gasteiger partial charge in [0.25, 0.3) is 0 Å². The third kappa shape index (κ3) is 4.79. The molecule has 0 amide bonds. The number of ether oxygens (including phenoxy) is 1. The number of aliphatic hydroxyl groups is 1. The monoisotopic (exact) mass is 160 g/mol. The Morgan fingerprint density at radius 1 is 1.55 bits per heavy atom. The second-order valence-corrected chi connectivity index (χ2v) is 2.71. The highest BCUT2D eigenvalue weighted by Gasteiger charge is 2.13. The van der Waals surface area contributed by atoms with Gasteiger partial charge in [-0.2, -0.15) is 0 Å². The summed E-state index contributed by atoms with van der Waals surface area (Å²) in [5.41, 5.74) is 0. The lowest BCUT2D eigenvalue weighted by atomic mass is 10.2. The molecule has 3 heteroatoms. The molecule has 0 radical (unpaired) electrons. The maximum atomic E-state index is 10.8. The highest BCUT2D eigenvalue weighted by molar-refractivity contribution is 5.73. The molecule has 0 aromatic carbocycles. The molecule has 0 aromatic heterocycles. The highest BCUT2D eigenvalue weighted by Crippen LogP contribution is 2.02. The van der Waals surface area contributed by atoms with Crippen LogP contribution in [0.1, 0.15) is 33.6 Å². The summed E-state index contributed by atoms with van der Waals surface area (Å²) in [7, 11) is 0. The van der Waals surface area contributed by atoms with Crippen LogP contribution in [0, 0.1) is 0 Å². The number of carbonyl (C=O) groups is 1. The van der Waals surface area contributed by atoms with E-state index >= 15 is 0 Å². The Kier molecular flexibility index (Phi) is 4.86. The van der Waals surface area contributed by atoms with E-state index in [-0.39, 0.29) is 6.10 Å². The van der Waals surface area contributed by atoms with Crippen LogP contribution in [0.2, 0.25) is 0 Å². The fourth-order valence-electron chi connectivity index (χ4n) is 0.762. The maximum Gasteiger partial charge on any atom is 0.334 e. The van der Waals surface area contributed by atoms with Crippen LogP contribution in [0.25, 0.3) is 0 Å². The van der Waals surface area contributed by atoms with Crippen molar-refractivity contribution < 1.29 is 14.6 Å². The summed E-state index contributed by atoms with van der Waals surface area (Å²) in [6.07, 6.45) is 0.739. The zero-order valence-corrected chi connectivity index (χ0v) is 7.33. The standard InChI is InChI=1S/C8H16O3/c1-4-5-6(2)11-8(10)7(3)9/h6-7,9H,4-5H2,1-3H3. The Labute approximate surface area is 67.4 Å². The zero-order valence-electron chi connectivity index (χ0n) is 7.33. The van der Waals surface area contributed by atoms with E-state index in [0.717, 1.165) is 12.8 Å². The number of hydrogen-bond acceptors (Lipinski definition) is 3. The van der Waals surface area contributed by atoms with Gasteiger partial charge >= 0.3 is 5.97 Å². The highest BCUT2D eigenvalue weighted by atomic mass is 16.6. The predicted octanol–water partition coefficient (Wildman–Crippen LogP) is 1.10. The summed E-state index contributed by atoms with van der Waals surface area (Å²) >= 11 is 0. The molecule has 2 atom stereocenters. The minimum Gasteiger partial charge on any atom is -0.461 e. The van der Waals surface area contributed by atoms with Crippen molar-refractivity contribution in [1.29, 1.82) is 0 Å². The summed E-state index contributed by atoms with van der Waals surface area (Å²) in [6, 6.07) is 0. The average molecular weight is 160 g/mol. The van der Waals surface area contributed by atoms with Gasteiger partial charge in [0.15, 0.2) is 0 Å². The van der Waals surface area contributed by atoms with Gasteiger partial charge in [0.05, 0.1) is 6.10 Å². The fourth-order valence-corrected chi connectivity index (χ4v) is 0.762. The molecule has 3 nitrogen and oxygen atoms in total. The van der Waals surface area contributed by atoms with Crippen LogP contribution in [0.5, 0.6) is 0 Å². The molecule has 0 aliphatic heterocycles. The van der Waals surface area contributed by atoms with Crippen LogP contribution >= 0.6 is 0 Å². The molecule has 0 aliphatic carbocycles. The lowest BCUT2D eigenvalue weighted by Crippen LogP contribution is -2.24. The zero-order chi connectivity index (χ0) is 8.85. The van der Waals surface area contributed by atoms with Crippen molar-refractivity contribution in [2.24, 2.45) is 0 Å². The first kappa shape index (κ1) is 10.4. The van der Waals surface area contributed by atoms with E-state index in [1.165, 1.54) is 6.92 Å². The van der Waals surface area contributed by atoms with Crippen LogP contribution in [0.15, 0.2) is 0 Å². The minimum absolute atomic E-state index is 0.0814. The Morgan fingerprint density at radius 3 is 2.45 bits per heavy atom. The molecule has 0 spiro atoms. The molecule has 0 fully saturated rings. The smallest absolute Gasteiger partial charge is 0.334 e. The molecule has 0 aromatic rings. The van der Waals surface area contributed by atoms with Crippen LogP contribution < -0.4 is 0 Å². The molecule has 1 N–H and O–H groups in total. The van der Waals surface area contributed by atoms with Gasteiger partial charge in [-0.05, 0) is 20.3 Å². The molecule has 0 aliphatic rings. The summed E-state index contributed by atoms with van der Waals surface area (Å²) in [5, 5.41) is 8.76. The van der Waals surface area contributed by atoms with Crippen molar-refractivity contribution in [3.05, 3.63) is 0 Å². The molecule has 0 saturated carbocycles. The molecule has 0 saturated heterocycles. The summed E-state index contributed by atoms with van der Waals surface area (Å²) < 4.78 is 4.86. The third-order valence-corrected chi connectivity index (χ3v) is 1.35. The Hall–Kier alpha value is -0.570. The molecule has 11 heavy (non-hydrogen) atoms. The average Bonchev–Trinajstić information content (AvgIpc) is 1.87. The van der Waals surface area contributed by atoms with Gasteiger partial charge in [0, 0.05) is 0 Å². The van der Waals surface area contributed by atoms with E-state index in [4.69, 9.17) is 9.84 Å². The van der Waals surface area contributed by atoms with Gasteiger partial charge in [-0.25, -0.2) is 4.79 Å². The van der Waals surface area contributed by atoms with E-state index in [1.807, 2.05) is 13.8 Å². The molecular weight excluding hydrogens is 144 g/mol. The van der Waals surface area contributed by atoms with Crippen LogP contribution in [0.3, 0.4) is 0 Å². The molecule has 0 rings (SSSR count). The van der Waals surface area contributed by atoms with Crippen molar-refractivity contribution in [2.45, 2.75) is 45.8 Å². The van der Waals surface area contributed by atoms with Crippen LogP contribution in [0.4, 0.5) is 0 Å². The van der Waals surface area contributed by atoms with E-state index < -0.39 is 12.1 Å². The SMILES string of the molecule is CCCC(C)OC(=O)C(C)O. The number of hydrogen-bond donors (Lipinski definition) is 1. The minimum atomic E-state index is -1.01. The first-order chi connectivity index (χ1) is 5.07.